The molecule has 2 N–H and O–H groups in total. The molecule has 0 bridgehead atoms. The predicted octanol–water partition coefficient (Wildman–Crippen LogP) is 6.01. The quantitative estimate of drug-likeness (QED) is 0.223. The minimum absolute atomic E-state index is 0.00604. The number of ether oxygens (including phenoxy) is 4. The lowest BCUT2D eigenvalue weighted by Crippen LogP contribution is -2.62. The second kappa shape index (κ2) is 13.2. The van der Waals surface area contributed by atoms with E-state index >= 15 is 8.78 Å². The van der Waals surface area contributed by atoms with Gasteiger partial charge in [0.05, 0.1) is 39.1 Å². The Bertz CT molecular complexity index is 2010. The highest BCUT2D eigenvalue weighted by Gasteiger charge is 2.54. The molecule has 2 aromatic heterocycles. The van der Waals surface area contributed by atoms with Crippen LogP contribution in [0.15, 0.2) is 30.3 Å². The van der Waals surface area contributed by atoms with Gasteiger partial charge in [0.15, 0.2) is 5.82 Å². The van der Waals surface area contributed by atoms with Gasteiger partial charge in [0.1, 0.15) is 39.6 Å². The average Bonchev–Trinajstić information content (AvgIpc) is 3.46. The van der Waals surface area contributed by atoms with Crippen molar-refractivity contribution in [1.29, 1.82) is 0 Å². The minimum Gasteiger partial charge on any atom is -0.508 e. The molecule has 3 atom stereocenters. The lowest BCUT2D eigenvalue weighted by Gasteiger charge is -2.56. The van der Waals surface area contributed by atoms with E-state index in [4.69, 9.17) is 23.9 Å². The Kier molecular flexibility index (Phi) is 8.91. The molecule has 13 heteroatoms. The number of benzene rings is 2. The molecular formula is C39H47F2N5O6. The summed E-state index contributed by atoms with van der Waals surface area (Å²) in [6.45, 7) is 6.17. The number of rotatable bonds is 8. The Labute approximate surface area is 301 Å². The van der Waals surface area contributed by atoms with Crippen molar-refractivity contribution in [2.75, 3.05) is 58.6 Å². The van der Waals surface area contributed by atoms with E-state index in [1.54, 1.807) is 20.1 Å². The van der Waals surface area contributed by atoms with Crippen LogP contribution in [0.4, 0.5) is 14.6 Å². The van der Waals surface area contributed by atoms with Crippen LogP contribution in [0, 0.1) is 17.0 Å². The lowest BCUT2D eigenvalue weighted by atomic mass is 9.70. The molecule has 0 radical (unpaired) electrons. The van der Waals surface area contributed by atoms with Gasteiger partial charge in [0.2, 0.25) is 5.88 Å². The van der Waals surface area contributed by atoms with Crippen LogP contribution in [0.25, 0.3) is 32.9 Å². The van der Waals surface area contributed by atoms with Crippen LogP contribution in [-0.4, -0.2) is 107 Å². The van der Waals surface area contributed by atoms with Gasteiger partial charge in [-0.2, -0.15) is 9.97 Å². The Morgan fingerprint density at radius 2 is 1.83 bits per heavy atom. The molecular weight excluding hydrogens is 672 g/mol. The summed E-state index contributed by atoms with van der Waals surface area (Å²) in [5.41, 5.74) is -1.72. The Morgan fingerprint density at radius 1 is 1.02 bits per heavy atom. The fourth-order valence-corrected chi connectivity index (χ4v) is 9.38. The van der Waals surface area contributed by atoms with Crippen LogP contribution in [-0.2, 0) is 9.47 Å². The van der Waals surface area contributed by atoms with Crippen molar-refractivity contribution in [3.05, 3.63) is 42.0 Å². The smallest absolute Gasteiger partial charge is 0.319 e. The fraction of sp³-hybridized carbons (Fsp3) is 0.564. The van der Waals surface area contributed by atoms with E-state index in [9.17, 15) is 10.2 Å². The van der Waals surface area contributed by atoms with Crippen molar-refractivity contribution in [3.63, 3.8) is 0 Å². The zero-order chi connectivity index (χ0) is 36.4. The molecule has 4 aromatic rings. The summed E-state index contributed by atoms with van der Waals surface area (Å²) in [6, 6.07) is 7.97. The molecule has 4 heterocycles. The van der Waals surface area contributed by atoms with E-state index in [1.807, 2.05) is 4.90 Å². The number of hydrogen-bond donors (Lipinski definition) is 2. The molecule has 0 spiro atoms. The Hall–Kier alpha value is -3.91. The molecule has 2 aliphatic heterocycles. The highest BCUT2D eigenvalue weighted by Crippen LogP contribution is 2.52. The number of aromatic nitrogens is 3. The molecule has 0 amide bonds. The minimum atomic E-state index is -1.23. The highest BCUT2D eigenvalue weighted by molar-refractivity contribution is 6.02. The lowest BCUT2D eigenvalue weighted by molar-refractivity contribution is -0.134. The Balaban J connectivity index is 1.23. The van der Waals surface area contributed by atoms with Crippen LogP contribution >= 0.6 is 0 Å². The number of aromatic hydroxyl groups is 1. The normalized spacial score (nSPS) is 29.6. The predicted molar refractivity (Wildman–Crippen MR) is 192 cm³/mol. The SMILES string of the molecule is COc1nc(-c2cc(O)cc3cccc(F)c23)c(F)c2nc(OC[C@]34CCC[C@H]3N(C3CC(C)(OC)C3)CCC4)nc(N3CCOC[C@@](C)(O)C3)c12. The zero-order valence-electron chi connectivity index (χ0n) is 30.3. The van der Waals surface area contributed by atoms with Gasteiger partial charge >= 0.3 is 6.01 Å². The van der Waals surface area contributed by atoms with Gasteiger partial charge in [0, 0.05) is 42.1 Å². The third-order valence-corrected chi connectivity index (χ3v) is 12.0. The van der Waals surface area contributed by atoms with E-state index in [0.717, 1.165) is 51.5 Å². The maximum Gasteiger partial charge on any atom is 0.319 e. The van der Waals surface area contributed by atoms with Gasteiger partial charge in [-0.15, -0.1) is 0 Å². The van der Waals surface area contributed by atoms with Crippen molar-refractivity contribution in [2.24, 2.45) is 5.41 Å². The molecule has 4 aliphatic rings. The van der Waals surface area contributed by atoms with Gasteiger partial charge in [0.25, 0.3) is 0 Å². The van der Waals surface area contributed by atoms with Gasteiger partial charge < -0.3 is 34.1 Å². The number of piperidine rings is 1. The van der Waals surface area contributed by atoms with E-state index in [-0.39, 0.29) is 75.2 Å². The van der Waals surface area contributed by atoms with E-state index in [1.165, 1.54) is 31.4 Å². The summed E-state index contributed by atoms with van der Waals surface area (Å²) in [5, 5.41) is 22.4. The maximum atomic E-state index is 17.1. The molecule has 2 aliphatic carbocycles. The number of methoxy groups -OCH3 is 2. The van der Waals surface area contributed by atoms with Crippen LogP contribution in [0.2, 0.25) is 0 Å². The number of nitrogens with zero attached hydrogens (tertiary/aromatic N) is 5. The molecule has 2 saturated carbocycles. The first-order chi connectivity index (χ1) is 24.9. The second-order valence-electron chi connectivity index (χ2n) is 15.8. The summed E-state index contributed by atoms with van der Waals surface area (Å²) in [6.07, 6.45) is 7.29. The number of halogens is 2. The third-order valence-electron chi connectivity index (χ3n) is 12.0. The number of fused-ring (bicyclic) bond motifs is 3. The van der Waals surface area contributed by atoms with Crippen molar-refractivity contribution in [2.45, 2.75) is 82.1 Å². The van der Waals surface area contributed by atoms with Crippen molar-refractivity contribution in [3.8, 4) is 28.9 Å². The van der Waals surface area contributed by atoms with Gasteiger partial charge in [-0.25, -0.2) is 13.8 Å². The molecule has 278 valence electrons. The first-order valence-corrected chi connectivity index (χ1v) is 18.3. The summed E-state index contributed by atoms with van der Waals surface area (Å²) in [7, 11) is 3.20. The number of anilines is 1. The van der Waals surface area contributed by atoms with E-state index in [0.29, 0.717) is 37.2 Å². The van der Waals surface area contributed by atoms with E-state index in [2.05, 4.69) is 21.8 Å². The average molecular weight is 720 g/mol. The summed E-state index contributed by atoms with van der Waals surface area (Å²) < 4.78 is 56.3. The van der Waals surface area contributed by atoms with Gasteiger partial charge in [-0.05, 0) is 82.5 Å². The summed E-state index contributed by atoms with van der Waals surface area (Å²) in [4.78, 5) is 18.6. The number of likely N-dealkylation sites (tertiary alicyclic amines) is 1. The van der Waals surface area contributed by atoms with Crippen LogP contribution in [0.3, 0.4) is 0 Å². The van der Waals surface area contributed by atoms with Gasteiger partial charge in [-0.1, -0.05) is 18.6 Å². The standard InChI is InChI=1S/C39H47F2N5O6/c1-37(48)20-45(14-15-51-21-37)34-30-33(31(41)32(42-35(30)49-3)26-17-25(47)16-23-8-5-9-27(40)29(23)26)43-36(44-34)52-22-39-11-6-10-28(39)46(13-7-12-39)24-18-38(2,19-24)50-4/h5,8-9,16-17,24,28,47-48H,6-7,10-15,18-22H2,1-4H3/t24?,28-,37+,38?,39-/m1/s1. The fourth-order valence-electron chi connectivity index (χ4n) is 9.38. The number of phenols is 1. The second-order valence-corrected chi connectivity index (χ2v) is 15.8. The van der Waals surface area contributed by atoms with Crippen molar-refractivity contribution < 1.29 is 37.9 Å². The number of aliphatic hydroxyl groups is 1. The number of hydrogen-bond acceptors (Lipinski definition) is 11. The first-order valence-electron chi connectivity index (χ1n) is 18.3. The zero-order valence-corrected chi connectivity index (χ0v) is 30.3. The van der Waals surface area contributed by atoms with Crippen LogP contribution in [0.5, 0.6) is 17.6 Å². The number of phenolic OH excluding ortho intramolecular Hbond substituents is 1. The largest absolute Gasteiger partial charge is 0.508 e. The summed E-state index contributed by atoms with van der Waals surface area (Å²) >= 11 is 0. The molecule has 2 saturated heterocycles. The Morgan fingerprint density at radius 3 is 2.62 bits per heavy atom. The van der Waals surface area contributed by atoms with Crippen molar-refractivity contribution in [1.82, 2.24) is 19.9 Å². The van der Waals surface area contributed by atoms with Crippen LogP contribution < -0.4 is 14.4 Å². The molecule has 11 nitrogen and oxygen atoms in total. The molecule has 2 aromatic carbocycles. The third kappa shape index (κ3) is 6.09. The molecule has 4 fully saturated rings. The van der Waals surface area contributed by atoms with Crippen LogP contribution in [0.1, 0.15) is 58.8 Å². The number of pyridine rings is 1. The molecule has 52 heavy (non-hydrogen) atoms. The summed E-state index contributed by atoms with van der Waals surface area (Å²) in [5.74, 6) is -1.32. The maximum absolute atomic E-state index is 17.1. The topological polar surface area (TPSA) is 123 Å². The first kappa shape index (κ1) is 35.1. The van der Waals surface area contributed by atoms with E-state index < -0.39 is 17.2 Å². The monoisotopic (exact) mass is 719 g/mol. The number of β-amino-alcohol motifs (C(OH)–C–C–N with tert-alkyl or cyclic N) is 1. The molecule has 8 rings (SSSR count). The van der Waals surface area contributed by atoms with Crippen molar-refractivity contribution >= 4 is 27.5 Å². The van der Waals surface area contributed by atoms with Gasteiger partial charge in [-0.3, -0.25) is 4.90 Å². The molecule has 0 unspecified atom stereocenters. The highest BCUT2D eigenvalue weighted by atomic mass is 19.1.